The summed E-state index contributed by atoms with van der Waals surface area (Å²) in [5, 5.41) is 0. The Kier molecular flexibility index (Phi) is 4.56. The van der Waals surface area contributed by atoms with Crippen LogP contribution in [-0.4, -0.2) is 34.1 Å². The zero-order valence-electron chi connectivity index (χ0n) is 13.0. The van der Waals surface area contributed by atoms with Crippen LogP contribution in [0.3, 0.4) is 0 Å². The molecule has 0 saturated carbocycles. The molecule has 1 aliphatic rings. The van der Waals surface area contributed by atoms with Gasteiger partial charge in [-0.2, -0.15) is 0 Å². The molecule has 2 heterocycles. The second-order valence-corrected chi connectivity index (χ2v) is 6.03. The van der Waals surface area contributed by atoms with Gasteiger partial charge in [0.05, 0.1) is 17.1 Å². The summed E-state index contributed by atoms with van der Waals surface area (Å²) in [6.07, 6.45) is 5.34. The Hall–Kier alpha value is -1.39. The molecule has 1 atom stereocenters. The molecule has 0 spiro atoms. The van der Waals surface area contributed by atoms with E-state index < -0.39 is 0 Å². The van der Waals surface area contributed by atoms with E-state index in [4.69, 9.17) is 10.7 Å². The molecule has 2 N–H and O–H groups in total. The highest BCUT2D eigenvalue weighted by atomic mass is 15.2. The smallest absolute Gasteiger partial charge is 0.127 e. The summed E-state index contributed by atoms with van der Waals surface area (Å²) >= 11 is 0. The van der Waals surface area contributed by atoms with Crippen molar-refractivity contribution < 1.29 is 0 Å². The van der Waals surface area contributed by atoms with E-state index in [9.17, 15) is 0 Å². The van der Waals surface area contributed by atoms with Gasteiger partial charge in [0.2, 0.25) is 0 Å². The quantitative estimate of drug-likeness (QED) is 0.940. The average Bonchev–Trinajstić information content (AvgIpc) is 2.70. The van der Waals surface area contributed by atoms with Crippen molar-refractivity contribution in [3.05, 3.63) is 30.1 Å². The van der Waals surface area contributed by atoms with Gasteiger partial charge < -0.3 is 10.3 Å². The molecule has 4 nitrogen and oxygen atoms in total. The minimum absolute atomic E-state index is 0.363. The van der Waals surface area contributed by atoms with Gasteiger partial charge in [-0.25, -0.2) is 4.98 Å². The van der Waals surface area contributed by atoms with Gasteiger partial charge in [0, 0.05) is 13.1 Å². The van der Waals surface area contributed by atoms with Crippen LogP contribution in [0.4, 0.5) is 0 Å². The molecule has 0 aliphatic carbocycles. The monoisotopic (exact) mass is 286 g/mol. The fraction of sp³-hybridized carbons (Fsp3) is 0.588. The molecular weight excluding hydrogens is 260 g/mol. The minimum atomic E-state index is 0.363. The second-order valence-electron chi connectivity index (χ2n) is 6.03. The van der Waals surface area contributed by atoms with Crippen molar-refractivity contribution in [2.75, 3.05) is 19.6 Å². The van der Waals surface area contributed by atoms with Crippen LogP contribution in [0.1, 0.15) is 44.5 Å². The van der Waals surface area contributed by atoms with Gasteiger partial charge in [-0.15, -0.1) is 0 Å². The lowest BCUT2D eigenvalue weighted by Gasteiger charge is -2.27. The van der Waals surface area contributed by atoms with E-state index in [0.29, 0.717) is 12.6 Å². The maximum Gasteiger partial charge on any atom is 0.127 e. The van der Waals surface area contributed by atoms with Gasteiger partial charge in [-0.05, 0) is 45.0 Å². The lowest BCUT2D eigenvalue weighted by molar-refractivity contribution is 0.208. The molecule has 1 aromatic heterocycles. The first kappa shape index (κ1) is 14.5. The van der Waals surface area contributed by atoms with Crippen LogP contribution in [0.2, 0.25) is 0 Å². The standard InChI is InChI=1S/C17H26N4/c1-14(20-11-6-2-3-7-12-20)17-19-15-8-4-5-9-16(15)21(17)13-10-18/h4-5,8-9,14H,2-3,6-7,10-13,18H2,1H3. The van der Waals surface area contributed by atoms with Gasteiger partial charge in [-0.3, -0.25) is 4.90 Å². The normalized spacial score (nSPS) is 18.8. The largest absolute Gasteiger partial charge is 0.329 e. The second kappa shape index (κ2) is 6.58. The molecule has 1 fully saturated rings. The highest BCUT2D eigenvalue weighted by Crippen LogP contribution is 2.26. The summed E-state index contributed by atoms with van der Waals surface area (Å²) in [5.41, 5.74) is 8.11. The third kappa shape index (κ3) is 2.97. The summed E-state index contributed by atoms with van der Waals surface area (Å²) < 4.78 is 2.31. The van der Waals surface area contributed by atoms with E-state index in [1.807, 2.05) is 0 Å². The highest BCUT2D eigenvalue weighted by molar-refractivity contribution is 5.76. The highest BCUT2D eigenvalue weighted by Gasteiger charge is 2.22. The maximum atomic E-state index is 5.82. The number of hydrogen-bond acceptors (Lipinski definition) is 3. The zero-order valence-corrected chi connectivity index (χ0v) is 13.0. The Morgan fingerprint density at radius 3 is 2.57 bits per heavy atom. The van der Waals surface area contributed by atoms with Crippen LogP contribution >= 0.6 is 0 Å². The first-order valence-electron chi connectivity index (χ1n) is 8.20. The predicted molar refractivity (Wildman–Crippen MR) is 87.2 cm³/mol. The Morgan fingerprint density at radius 2 is 1.86 bits per heavy atom. The molecule has 21 heavy (non-hydrogen) atoms. The number of likely N-dealkylation sites (tertiary alicyclic amines) is 1. The topological polar surface area (TPSA) is 47.1 Å². The molecule has 114 valence electrons. The maximum absolute atomic E-state index is 5.82. The Balaban J connectivity index is 1.95. The van der Waals surface area contributed by atoms with Crippen molar-refractivity contribution >= 4 is 11.0 Å². The van der Waals surface area contributed by atoms with E-state index in [1.54, 1.807) is 0 Å². The van der Waals surface area contributed by atoms with Gasteiger partial charge in [0.15, 0.2) is 0 Å². The van der Waals surface area contributed by atoms with E-state index in [-0.39, 0.29) is 0 Å². The number of benzene rings is 1. The van der Waals surface area contributed by atoms with Crippen molar-refractivity contribution in [1.82, 2.24) is 14.5 Å². The fourth-order valence-electron chi connectivity index (χ4n) is 3.42. The number of fused-ring (bicyclic) bond motifs is 1. The van der Waals surface area contributed by atoms with E-state index >= 15 is 0 Å². The van der Waals surface area contributed by atoms with Crippen molar-refractivity contribution in [2.24, 2.45) is 5.73 Å². The van der Waals surface area contributed by atoms with Crippen molar-refractivity contribution in [1.29, 1.82) is 0 Å². The molecule has 0 bridgehead atoms. The van der Waals surface area contributed by atoms with Crippen LogP contribution in [0.15, 0.2) is 24.3 Å². The van der Waals surface area contributed by atoms with Crippen molar-refractivity contribution in [3.63, 3.8) is 0 Å². The number of imidazole rings is 1. The predicted octanol–water partition coefficient (Wildman–Crippen LogP) is 2.93. The molecule has 1 aromatic carbocycles. The number of nitrogens with two attached hydrogens (primary N) is 1. The molecule has 2 aromatic rings. The van der Waals surface area contributed by atoms with Crippen LogP contribution < -0.4 is 5.73 Å². The van der Waals surface area contributed by atoms with E-state index in [0.717, 1.165) is 12.1 Å². The van der Waals surface area contributed by atoms with Crippen LogP contribution in [0.5, 0.6) is 0 Å². The number of para-hydroxylation sites is 2. The summed E-state index contributed by atoms with van der Waals surface area (Å²) in [7, 11) is 0. The van der Waals surface area contributed by atoms with Gasteiger partial charge in [0.1, 0.15) is 5.82 Å². The Labute approximate surface area is 126 Å². The summed E-state index contributed by atoms with van der Waals surface area (Å²) in [6, 6.07) is 8.75. The number of nitrogens with zero attached hydrogens (tertiary/aromatic N) is 3. The van der Waals surface area contributed by atoms with Crippen molar-refractivity contribution in [2.45, 2.75) is 45.2 Å². The van der Waals surface area contributed by atoms with Gasteiger partial charge in [0.25, 0.3) is 0 Å². The van der Waals surface area contributed by atoms with Gasteiger partial charge >= 0.3 is 0 Å². The fourth-order valence-corrected chi connectivity index (χ4v) is 3.42. The molecule has 1 aliphatic heterocycles. The molecule has 4 heteroatoms. The summed E-state index contributed by atoms with van der Waals surface area (Å²) in [5.74, 6) is 1.17. The summed E-state index contributed by atoms with van der Waals surface area (Å²) in [6.45, 7) is 6.16. The first-order chi connectivity index (χ1) is 10.3. The zero-order chi connectivity index (χ0) is 14.7. The van der Waals surface area contributed by atoms with Crippen LogP contribution in [0.25, 0.3) is 11.0 Å². The number of rotatable bonds is 4. The average molecular weight is 286 g/mol. The van der Waals surface area contributed by atoms with Crippen LogP contribution in [-0.2, 0) is 6.54 Å². The molecule has 1 saturated heterocycles. The summed E-state index contributed by atoms with van der Waals surface area (Å²) in [4.78, 5) is 7.49. The van der Waals surface area contributed by atoms with Gasteiger partial charge in [-0.1, -0.05) is 25.0 Å². The van der Waals surface area contributed by atoms with E-state index in [2.05, 4.69) is 40.7 Å². The first-order valence-corrected chi connectivity index (χ1v) is 8.20. The van der Waals surface area contributed by atoms with Crippen molar-refractivity contribution in [3.8, 4) is 0 Å². The van der Waals surface area contributed by atoms with E-state index in [1.165, 1.54) is 50.1 Å². The molecule has 0 amide bonds. The molecule has 3 rings (SSSR count). The Morgan fingerprint density at radius 1 is 1.14 bits per heavy atom. The molecule has 0 radical (unpaired) electrons. The lowest BCUT2D eigenvalue weighted by atomic mass is 10.2. The third-order valence-corrected chi connectivity index (χ3v) is 4.60. The SMILES string of the molecule is CC(c1nc2ccccc2n1CCN)N1CCCCCC1. The van der Waals surface area contributed by atoms with Crippen LogP contribution in [0, 0.1) is 0 Å². The number of aromatic nitrogens is 2. The lowest BCUT2D eigenvalue weighted by Crippen LogP contribution is -2.30. The third-order valence-electron chi connectivity index (χ3n) is 4.60. The minimum Gasteiger partial charge on any atom is -0.329 e. The number of hydrogen-bond donors (Lipinski definition) is 1. The molecular formula is C17H26N4. The molecule has 1 unspecified atom stereocenters. The Bertz CT molecular complexity index is 581.